The van der Waals surface area contributed by atoms with E-state index in [2.05, 4.69) is 31.1 Å². The van der Waals surface area contributed by atoms with E-state index in [1.54, 1.807) is 0 Å². The number of halogens is 3. The van der Waals surface area contributed by atoms with E-state index < -0.39 is 0 Å². The SMILES string of the molecule is CN(C)C1CCC2(c3ccc(Cl)c(Cl)c3)CC12.Cl. The van der Waals surface area contributed by atoms with Crippen LogP contribution in [0.15, 0.2) is 18.2 Å². The van der Waals surface area contributed by atoms with Gasteiger partial charge in [-0.15, -0.1) is 12.4 Å². The fraction of sp³-hybridized carbons (Fsp3) is 0.571. The van der Waals surface area contributed by atoms with Gasteiger partial charge >= 0.3 is 0 Å². The van der Waals surface area contributed by atoms with Crippen LogP contribution in [-0.2, 0) is 5.41 Å². The lowest BCUT2D eigenvalue weighted by Gasteiger charge is -2.19. The molecule has 2 fully saturated rings. The number of benzene rings is 1. The maximum absolute atomic E-state index is 6.13. The summed E-state index contributed by atoms with van der Waals surface area (Å²) in [6.07, 6.45) is 3.91. The summed E-state index contributed by atoms with van der Waals surface area (Å²) in [5, 5.41) is 1.35. The Balaban J connectivity index is 0.00000120. The normalized spacial score (nSPS) is 33.2. The fourth-order valence-electron chi connectivity index (χ4n) is 3.63. The lowest BCUT2D eigenvalue weighted by molar-refractivity contribution is 0.271. The van der Waals surface area contributed by atoms with Gasteiger partial charge in [-0.05, 0) is 57.0 Å². The third kappa shape index (κ3) is 2.06. The molecule has 3 atom stereocenters. The van der Waals surface area contributed by atoms with Gasteiger partial charge < -0.3 is 4.90 Å². The first-order chi connectivity index (χ1) is 8.04. The van der Waals surface area contributed by atoms with Crippen molar-refractivity contribution >= 4 is 35.6 Å². The minimum absolute atomic E-state index is 0. The van der Waals surface area contributed by atoms with Crippen molar-refractivity contribution in [2.24, 2.45) is 5.92 Å². The van der Waals surface area contributed by atoms with Crippen LogP contribution in [0.3, 0.4) is 0 Å². The van der Waals surface area contributed by atoms with Crippen molar-refractivity contribution in [3.8, 4) is 0 Å². The van der Waals surface area contributed by atoms with Gasteiger partial charge in [0.25, 0.3) is 0 Å². The maximum Gasteiger partial charge on any atom is 0.0595 e. The Morgan fingerprint density at radius 2 is 1.94 bits per heavy atom. The molecule has 0 heterocycles. The number of rotatable bonds is 2. The zero-order valence-electron chi connectivity index (χ0n) is 10.6. The molecule has 1 aromatic rings. The molecule has 1 aromatic carbocycles. The van der Waals surface area contributed by atoms with E-state index in [9.17, 15) is 0 Å². The molecule has 0 spiro atoms. The molecule has 4 heteroatoms. The summed E-state index contributed by atoms with van der Waals surface area (Å²) < 4.78 is 0. The lowest BCUT2D eigenvalue weighted by Crippen LogP contribution is -2.27. The summed E-state index contributed by atoms with van der Waals surface area (Å²) in [6.45, 7) is 0. The second-order valence-electron chi connectivity index (χ2n) is 5.67. The van der Waals surface area contributed by atoms with Crippen LogP contribution in [0, 0.1) is 5.92 Å². The Morgan fingerprint density at radius 3 is 2.44 bits per heavy atom. The van der Waals surface area contributed by atoms with Crippen molar-refractivity contribution in [1.29, 1.82) is 0 Å². The molecule has 0 aromatic heterocycles. The summed E-state index contributed by atoms with van der Waals surface area (Å²) in [6, 6.07) is 6.91. The van der Waals surface area contributed by atoms with Gasteiger partial charge in [0.2, 0.25) is 0 Å². The quantitative estimate of drug-likeness (QED) is 0.783. The van der Waals surface area contributed by atoms with Crippen LogP contribution < -0.4 is 0 Å². The monoisotopic (exact) mass is 305 g/mol. The van der Waals surface area contributed by atoms with E-state index in [4.69, 9.17) is 23.2 Å². The number of hydrogen-bond acceptors (Lipinski definition) is 1. The minimum Gasteiger partial charge on any atom is -0.306 e. The second kappa shape index (κ2) is 4.86. The van der Waals surface area contributed by atoms with Gasteiger partial charge in [0.15, 0.2) is 0 Å². The highest BCUT2D eigenvalue weighted by Crippen LogP contribution is 2.65. The first-order valence-electron chi connectivity index (χ1n) is 6.16. The van der Waals surface area contributed by atoms with E-state index in [0.717, 1.165) is 12.0 Å². The predicted molar refractivity (Wildman–Crippen MR) is 80.2 cm³/mol. The van der Waals surface area contributed by atoms with Crippen LogP contribution in [0.5, 0.6) is 0 Å². The smallest absolute Gasteiger partial charge is 0.0595 e. The molecule has 0 aliphatic heterocycles. The molecule has 18 heavy (non-hydrogen) atoms. The van der Waals surface area contributed by atoms with Gasteiger partial charge in [-0.25, -0.2) is 0 Å². The number of hydrogen-bond donors (Lipinski definition) is 0. The first-order valence-corrected chi connectivity index (χ1v) is 6.92. The summed E-state index contributed by atoms with van der Waals surface area (Å²) in [7, 11) is 4.38. The third-order valence-electron chi connectivity index (χ3n) is 4.64. The molecule has 2 aliphatic rings. The average molecular weight is 307 g/mol. The Labute approximate surface area is 125 Å². The summed E-state index contributed by atoms with van der Waals surface area (Å²) in [5.74, 6) is 0.815. The molecule has 100 valence electrons. The molecule has 0 bridgehead atoms. The van der Waals surface area contributed by atoms with E-state index in [-0.39, 0.29) is 12.4 Å². The summed E-state index contributed by atoms with van der Waals surface area (Å²) in [5.41, 5.74) is 1.80. The van der Waals surface area contributed by atoms with E-state index in [1.165, 1.54) is 24.8 Å². The van der Waals surface area contributed by atoms with E-state index in [0.29, 0.717) is 15.5 Å². The number of nitrogens with zero attached hydrogens (tertiary/aromatic N) is 1. The number of fused-ring (bicyclic) bond motifs is 1. The largest absolute Gasteiger partial charge is 0.306 e. The van der Waals surface area contributed by atoms with Crippen molar-refractivity contribution in [3.05, 3.63) is 33.8 Å². The van der Waals surface area contributed by atoms with Crippen LogP contribution in [0.2, 0.25) is 10.0 Å². The highest BCUT2D eigenvalue weighted by atomic mass is 35.5. The molecule has 2 aliphatic carbocycles. The first kappa shape index (κ1) is 14.5. The maximum atomic E-state index is 6.13. The molecule has 3 unspecified atom stereocenters. The van der Waals surface area contributed by atoms with Gasteiger partial charge in [-0.1, -0.05) is 29.3 Å². The van der Waals surface area contributed by atoms with Crippen molar-refractivity contribution in [2.45, 2.75) is 30.7 Å². The Hall–Kier alpha value is 0.0500. The topological polar surface area (TPSA) is 3.24 Å². The van der Waals surface area contributed by atoms with E-state index in [1.807, 2.05) is 6.07 Å². The van der Waals surface area contributed by atoms with Crippen molar-refractivity contribution < 1.29 is 0 Å². The lowest BCUT2D eigenvalue weighted by atomic mass is 9.93. The molecular weight excluding hydrogens is 289 g/mol. The molecule has 3 rings (SSSR count). The molecule has 0 amide bonds. The molecule has 0 N–H and O–H groups in total. The van der Waals surface area contributed by atoms with Gasteiger partial charge in [0.1, 0.15) is 0 Å². The minimum atomic E-state index is 0. The molecule has 2 saturated carbocycles. The molecule has 1 nitrogen and oxygen atoms in total. The van der Waals surface area contributed by atoms with Gasteiger partial charge in [-0.2, -0.15) is 0 Å². The van der Waals surface area contributed by atoms with Crippen LogP contribution in [0.4, 0.5) is 0 Å². The standard InChI is InChI=1S/C14H17Cl2N.ClH/c1-17(2)13-5-6-14(8-10(13)14)9-3-4-11(15)12(16)7-9;/h3-4,7,10,13H,5-6,8H2,1-2H3;1H. The second-order valence-corrected chi connectivity index (χ2v) is 6.48. The Morgan fingerprint density at radius 1 is 1.22 bits per heavy atom. The van der Waals surface area contributed by atoms with Gasteiger partial charge in [-0.3, -0.25) is 0 Å². The van der Waals surface area contributed by atoms with Crippen LogP contribution in [0.25, 0.3) is 0 Å². The predicted octanol–water partition coefficient (Wildman–Crippen LogP) is 4.40. The fourth-order valence-corrected chi connectivity index (χ4v) is 3.93. The highest BCUT2D eigenvalue weighted by Gasteiger charge is 2.62. The zero-order chi connectivity index (χ0) is 12.2. The van der Waals surface area contributed by atoms with Crippen molar-refractivity contribution in [3.63, 3.8) is 0 Å². The average Bonchev–Trinajstić information content (AvgIpc) is 2.89. The van der Waals surface area contributed by atoms with Crippen LogP contribution in [0.1, 0.15) is 24.8 Å². The Kier molecular flexibility index (Phi) is 3.91. The van der Waals surface area contributed by atoms with Crippen molar-refractivity contribution in [2.75, 3.05) is 14.1 Å². The van der Waals surface area contributed by atoms with Gasteiger partial charge in [0.05, 0.1) is 10.0 Å². The van der Waals surface area contributed by atoms with Crippen LogP contribution >= 0.6 is 35.6 Å². The van der Waals surface area contributed by atoms with Crippen LogP contribution in [-0.4, -0.2) is 25.0 Å². The van der Waals surface area contributed by atoms with Crippen molar-refractivity contribution in [1.82, 2.24) is 4.90 Å². The highest BCUT2D eigenvalue weighted by molar-refractivity contribution is 6.42. The Bertz CT molecular complexity index is 460. The molecule has 0 saturated heterocycles. The third-order valence-corrected chi connectivity index (χ3v) is 5.38. The molecular formula is C14H18Cl3N. The summed E-state index contributed by atoms with van der Waals surface area (Å²) in [4.78, 5) is 2.37. The zero-order valence-corrected chi connectivity index (χ0v) is 12.9. The van der Waals surface area contributed by atoms with E-state index >= 15 is 0 Å². The summed E-state index contributed by atoms with van der Waals surface area (Å²) >= 11 is 12.1. The van der Waals surface area contributed by atoms with Gasteiger partial charge in [0, 0.05) is 11.5 Å². The molecule has 0 radical (unpaired) electrons.